The lowest BCUT2D eigenvalue weighted by molar-refractivity contribution is 0.0836. The van der Waals surface area contributed by atoms with Crippen molar-refractivity contribution >= 4 is 6.08 Å². The minimum Gasteiger partial charge on any atom is -0.493 e. The molecule has 0 radical (unpaired) electrons. The molecule has 0 aliphatic rings. The number of aliphatic hydroxyl groups is 1. The van der Waals surface area contributed by atoms with Gasteiger partial charge in [0.05, 0.1) is 13.7 Å². The minimum atomic E-state index is -0.792. The van der Waals surface area contributed by atoms with Gasteiger partial charge >= 0.3 is 0 Å². The minimum absolute atomic E-state index is 0.0841. The summed E-state index contributed by atoms with van der Waals surface area (Å²) < 4.78 is 11.1. The molecule has 0 aliphatic carbocycles. The number of allylic oxidation sites excluding steroid dienone is 1. The molecule has 0 spiro atoms. The average molecular weight is 380 g/mol. The quantitative estimate of drug-likeness (QED) is 0.647. The summed E-state index contributed by atoms with van der Waals surface area (Å²) in [5.74, 6) is 1.71. The molecule has 1 heterocycles. The van der Waals surface area contributed by atoms with Crippen molar-refractivity contribution in [1.29, 1.82) is 0 Å². The van der Waals surface area contributed by atoms with Crippen LogP contribution in [0.2, 0.25) is 0 Å². The van der Waals surface area contributed by atoms with E-state index in [1.54, 1.807) is 7.11 Å². The van der Waals surface area contributed by atoms with Crippen molar-refractivity contribution in [3.63, 3.8) is 0 Å². The molecule has 1 N–H and O–H groups in total. The van der Waals surface area contributed by atoms with E-state index in [9.17, 15) is 5.11 Å². The zero-order chi connectivity index (χ0) is 19.9. The normalized spacial score (nSPS) is 12.3. The summed E-state index contributed by atoms with van der Waals surface area (Å²) in [5, 5.41) is 22.6. The average Bonchev–Trinajstić information content (AvgIpc) is 3.16. The van der Waals surface area contributed by atoms with Gasteiger partial charge in [-0.1, -0.05) is 48.0 Å². The van der Waals surface area contributed by atoms with Crippen molar-refractivity contribution in [3.8, 4) is 22.9 Å². The van der Waals surface area contributed by atoms with Crippen LogP contribution in [-0.2, 0) is 6.54 Å². The number of nitrogens with zero attached hydrogens (tertiary/aromatic N) is 4. The zero-order valence-electron chi connectivity index (χ0n) is 16.2. The highest BCUT2D eigenvalue weighted by Gasteiger charge is 2.13. The molecule has 1 atom stereocenters. The molecule has 28 heavy (non-hydrogen) atoms. The largest absolute Gasteiger partial charge is 0.493 e. The maximum Gasteiger partial charge on any atom is 0.204 e. The second-order valence-corrected chi connectivity index (χ2v) is 6.41. The van der Waals surface area contributed by atoms with Crippen molar-refractivity contribution in [1.82, 2.24) is 20.2 Å². The number of methoxy groups -OCH3 is 1. The van der Waals surface area contributed by atoms with E-state index in [0.717, 1.165) is 16.7 Å². The first-order valence-corrected chi connectivity index (χ1v) is 9.05. The second kappa shape index (κ2) is 9.14. The number of ether oxygens (including phenoxy) is 2. The molecule has 7 heteroatoms. The van der Waals surface area contributed by atoms with E-state index in [2.05, 4.69) is 15.4 Å². The number of aliphatic hydroxyl groups excluding tert-OH is 1. The number of tetrazole rings is 1. The third-order valence-corrected chi connectivity index (χ3v) is 4.11. The Labute approximate surface area is 164 Å². The molecule has 3 rings (SSSR count). The highest BCUT2D eigenvalue weighted by molar-refractivity contribution is 5.56. The van der Waals surface area contributed by atoms with Crippen LogP contribution in [0.5, 0.6) is 11.5 Å². The van der Waals surface area contributed by atoms with Crippen LogP contribution in [0.3, 0.4) is 0 Å². The predicted molar refractivity (Wildman–Crippen MR) is 107 cm³/mol. The van der Waals surface area contributed by atoms with Crippen molar-refractivity contribution < 1.29 is 14.6 Å². The Morgan fingerprint density at radius 1 is 1.14 bits per heavy atom. The Morgan fingerprint density at radius 2 is 1.93 bits per heavy atom. The van der Waals surface area contributed by atoms with Crippen LogP contribution in [0, 0.1) is 6.92 Å². The number of aromatic nitrogens is 4. The van der Waals surface area contributed by atoms with Crippen molar-refractivity contribution in [2.45, 2.75) is 26.5 Å². The molecule has 0 saturated heterocycles. The SMILES string of the molecule is C/C=C/c1ccc(OCC(O)Cn2nnc(-c3ccc(C)cc3)n2)c(OC)c1. The van der Waals surface area contributed by atoms with Gasteiger partial charge in [-0.25, -0.2) is 0 Å². The van der Waals surface area contributed by atoms with E-state index in [1.165, 1.54) is 4.80 Å². The first kappa shape index (κ1) is 19.6. The van der Waals surface area contributed by atoms with Gasteiger partial charge in [-0.05, 0) is 36.8 Å². The fourth-order valence-electron chi connectivity index (χ4n) is 2.67. The van der Waals surface area contributed by atoms with E-state index in [4.69, 9.17) is 9.47 Å². The lowest BCUT2D eigenvalue weighted by Crippen LogP contribution is -2.25. The van der Waals surface area contributed by atoms with Gasteiger partial charge in [0.25, 0.3) is 0 Å². The topological polar surface area (TPSA) is 82.3 Å². The molecule has 0 aliphatic heterocycles. The first-order valence-electron chi connectivity index (χ1n) is 9.05. The molecule has 0 fully saturated rings. The first-order chi connectivity index (χ1) is 13.6. The fourth-order valence-corrected chi connectivity index (χ4v) is 2.67. The van der Waals surface area contributed by atoms with Gasteiger partial charge in [0.15, 0.2) is 11.5 Å². The van der Waals surface area contributed by atoms with Gasteiger partial charge in [0, 0.05) is 5.56 Å². The molecule has 0 amide bonds. The van der Waals surface area contributed by atoms with Gasteiger partial charge in [0.1, 0.15) is 12.7 Å². The second-order valence-electron chi connectivity index (χ2n) is 6.41. The molecule has 0 saturated carbocycles. The van der Waals surface area contributed by atoms with E-state index in [0.29, 0.717) is 17.3 Å². The summed E-state index contributed by atoms with van der Waals surface area (Å²) in [6, 6.07) is 13.5. The van der Waals surface area contributed by atoms with Crippen LogP contribution in [0.4, 0.5) is 0 Å². The highest BCUT2D eigenvalue weighted by Crippen LogP contribution is 2.28. The smallest absolute Gasteiger partial charge is 0.204 e. The molecule has 3 aromatic rings. The third-order valence-electron chi connectivity index (χ3n) is 4.11. The maximum atomic E-state index is 10.3. The lowest BCUT2D eigenvalue weighted by Gasteiger charge is -2.14. The van der Waals surface area contributed by atoms with Crippen LogP contribution in [0.25, 0.3) is 17.5 Å². The Hall–Kier alpha value is -3.19. The summed E-state index contributed by atoms with van der Waals surface area (Å²) in [4.78, 5) is 1.37. The number of hydrogen-bond donors (Lipinski definition) is 1. The zero-order valence-corrected chi connectivity index (χ0v) is 16.2. The maximum absolute atomic E-state index is 10.3. The molecule has 7 nitrogen and oxygen atoms in total. The van der Waals surface area contributed by atoms with Crippen molar-refractivity contribution in [3.05, 3.63) is 59.7 Å². The lowest BCUT2D eigenvalue weighted by atomic mass is 10.1. The Bertz CT molecular complexity index is 935. The number of rotatable bonds is 8. The Balaban J connectivity index is 1.59. The van der Waals surface area contributed by atoms with Gasteiger partial charge in [-0.2, -0.15) is 4.80 Å². The van der Waals surface area contributed by atoms with Crippen LogP contribution in [-0.4, -0.2) is 45.1 Å². The standard InChI is InChI=1S/C21H24N4O3/c1-4-5-16-8-11-19(20(12-16)27-3)28-14-18(26)13-25-23-21(22-24-25)17-9-6-15(2)7-10-17/h4-12,18,26H,13-14H2,1-3H3/b5-4+. The summed E-state index contributed by atoms with van der Waals surface area (Å²) in [6.07, 6.45) is 3.14. The fraction of sp³-hybridized carbons (Fsp3) is 0.286. The molecule has 1 aromatic heterocycles. The Kier molecular flexibility index (Phi) is 6.39. The summed E-state index contributed by atoms with van der Waals surface area (Å²) >= 11 is 0. The van der Waals surface area contributed by atoms with E-state index >= 15 is 0 Å². The molecule has 2 aromatic carbocycles. The highest BCUT2D eigenvalue weighted by atomic mass is 16.5. The summed E-state index contributed by atoms with van der Waals surface area (Å²) in [5.41, 5.74) is 3.06. The number of hydrogen-bond acceptors (Lipinski definition) is 6. The van der Waals surface area contributed by atoms with E-state index in [-0.39, 0.29) is 13.2 Å². The molecule has 146 valence electrons. The Morgan fingerprint density at radius 3 is 2.64 bits per heavy atom. The van der Waals surface area contributed by atoms with Gasteiger partial charge in [0.2, 0.25) is 5.82 Å². The van der Waals surface area contributed by atoms with Crippen molar-refractivity contribution in [2.75, 3.05) is 13.7 Å². The predicted octanol–water partition coefficient (Wildman–Crippen LogP) is 3.13. The number of benzene rings is 2. The van der Waals surface area contributed by atoms with Crippen molar-refractivity contribution in [2.24, 2.45) is 0 Å². The van der Waals surface area contributed by atoms with Crippen LogP contribution < -0.4 is 9.47 Å². The van der Waals surface area contributed by atoms with Gasteiger partial charge < -0.3 is 14.6 Å². The van der Waals surface area contributed by atoms with Crippen LogP contribution in [0.1, 0.15) is 18.1 Å². The van der Waals surface area contributed by atoms with Gasteiger partial charge in [-0.15, -0.1) is 10.2 Å². The molecular formula is C21H24N4O3. The molecule has 1 unspecified atom stereocenters. The molecular weight excluding hydrogens is 356 g/mol. The number of aryl methyl sites for hydroxylation is 1. The van der Waals surface area contributed by atoms with Crippen LogP contribution in [0.15, 0.2) is 48.5 Å². The third kappa shape index (κ3) is 4.95. The summed E-state index contributed by atoms with van der Waals surface area (Å²) in [7, 11) is 1.59. The monoisotopic (exact) mass is 380 g/mol. The summed E-state index contributed by atoms with van der Waals surface area (Å²) in [6.45, 7) is 4.24. The van der Waals surface area contributed by atoms with Crippen LogP contribution >= 0.6 is 0 Å². The van der Waals surface area contributed by atoms with E-state index < -0.39 is 6.10 Å². The molecule has 0 bridgehead atoms. The van der Waals surface area contributed by atoms with Gasteiger partial charge in [-0.3, -0.25) is 0 Å². The van der Waals surface area contributed by atoms with E-state index in [1.807, 2.05) is 68.5 Å².